The van der Waals surface area contributed by atoms with Crippen molar-refractivity contribution in [1.82, 2.24) is 20.4 Å². The Morgan fingerprint density at radius 3 is 2.78 bits per heavy atom. The summed E-state index contributed by atoms with van der Waals surface area (Å²) in [6.07, 6.45) is 1.68. The second-order valence-electron chi connectivity index (χ2n) is 6.10. The maximum atomic E-state index is 12.3. The summed E-state index contributed by atoms with van der Waals surface area (Å²) >= 11 is 0. The molecule has 3 heterocycles. The average Bonchev–Trinajstić information content (AvgIpc) is 3.16. The Morgan fingerprint density at radius 2 is 2.17 bits per heavy atom. The molecule has 1 aromatic rings. The normalized spacial score (nSPS) is 23.7. The van der Waals surface area contributed by atoms with Gasteiger partial charge in [-0.05, 0) is 12.5 Å². The Bertz CT molecular complexity index is 589. The van der Waals surface area contributed by atoms with Gasteiger partial charge in [0.15, 0.2) is 5.82 Å². The minimum atomic E-state index is -0.375. The number of ether oxygens (including phenoxy) is 1. The molecule has 2 fully saturated rings. The van der Waals surface area contributed by atoms with Crippen molar-refractivity contribution >= 4 is 17.6 Å². The second kappa shape index (κ2) is 6.39. The van der Waals surface area contributed by atoms with E-state index in [1.807, 2.05) is 25.1 Å². The highest BCUT2D eigenvalue weighted by Crippen LogP contribution is 2.19. The summed E-state index contributed by atoms with van der Waals surface area (Å²) in [7, 11) is 3.79. The van der Waals surface area contributed by atoms with Crippen LogP contribution in [-0.2, 0) is 9.59 Å². The van der Waals surface area contributed by atoms with Crippen molar-refractivity contribution in [2.24, 2.45) is 0 Å². The van der Waals surface area contributed by atoms with E-state index >= 15 is 0 Å². The molecule has 8 nitrogen and oxygen atoms in total. The predicted octanol–water partition coefficient (Wildman–Crippen LogP) is -0.199. The summed E-state index contributed by atoms with van der Waals surface area (Å²) in [5.74, 6) is 1.16. The zero-order valence-electron chi connectivity index (χ0n) is 13.4. The molecule has 2 atom stereocenters. The largest absolute Gasteiger partial charge is 0.471 e. The number of amides is 2. The van der Waals surface area contributed by atoms with E-state index in [1.165, 1.54) is 0 Å². The van der Waals surface area contributed by atoms with Crippen LogP contribution in [0.25, 0.3) is 0 Å². The number of hydrogen-bond donors (Lipinski definition) is 1. The Hall–Kier alpha value is -2.38. The molecule has 0 aromatic carbocycles. The van der Waals surface area contributed by atoms with E-state index in [0.717, 1.165) is 12.2 Å². The lowest BCUT2D eigenvalue weighted by atomic mass is 10.2. The third kappa shape index (κ3) is 3.52. The molecular formula is C15H21N5O3. The van der Waals surface area contributed by atoms with Crippen LogP contribution < -0.4 is 15.0 Å². The first-order valence-electron chi connectivity index (χ1n) is 7.79. The minimum absolute atomic E-state index is 0.0176. The number of rotatable bonds is 4. The molecular weight excluding hydrogens is 298 g/mol. The van der Waals surface area contributed by atoms with Crippen LogP contribution in [0.4, 0.5) is 5.82 Å². The van der Waals surface area contributed by atoms with Crippen LogP contribution in [0.5, 0.6) is 5.88 Å². The van der Waals surface area contributed by atoms with Gasteiger partial charge in [0.1, 0.15) is 12.1 Å². The summed E-state index contributed by atoms with van der Waals surface area (Å²) in [5.41, 5.74) is 0. The molecule has 23 heavy (non-hydrogen) atoms. The maximum absolute atomic E-state index is 12.3. The number of likely N-dealkylation sites (tertiary alicyclic amines) is 1. The van der Waals surface area contributed by atoms with Gasteiger partial charge in [0.05, 0.1) is 6.54 Å². The molecule has 0 unspecified atom stereocenters. The smallest absolute Gasteiger partial charge is 0.245 e. The van der Waals surface area contributed by atoms with Crippen molar-refractivity contribution in [2.75, 3.05) is 32.1 Å². The number of nitrogens with zero attached hydrogens (tertiary/aromatic N) is 4. The van der Waals surface area contributed by atoms with Gasteiger partial charge in [0, 0.05) is 39.5 Å². The van der Waals surface area contributed by atoms with Crippen LogP contribution in [0.1, 0.15) is 19.3 Å². The van der Waals surface area contributed by atoms with Gasteiger partial charge in [-0.2, -0.15) is 0 Å². The van der Waals surface area contributed by atoms with Gasteiger partial charge < -0.3 is 19.9 Å². The Morgan fingerprint density at radius 1 is 1.35 bits per heavy atom. The van der Waals surface area contributed by atoms with Gasteiger partial charge in [-0.3, -0.25) is 9.59 Å². The van der Waals surface area contributed by atoms with Crippen LogP contribution >= 0.6 is 0 Å². The number of hydrogen-bond acceptors (Lipinski definition) is 6. The second-order valence-corrected chi connectivity index (χ2v) is 6.10. The van der Waals surface area contributed by atoms with E-state index in [9.17, 15) is 9.59 Å². The average molecular weight is 319 g/mol. The van der Waals surface area contributed by atoms with Crippen LogP contribution in [0.3, 0.4) is 0 Å². The monoisotopic (exact) mass is 319 g/mol. The van der Waals surface area contributed by atoms with Crippen molar-refractivity contribution in [1.29, 1.82) is 0 Å². The topological polar surface area (TPSA) is 87.7 Å². The van der Waals surface area contributed by atoms with Gasteiger partial charge in [0.2, 0.25) is 17.7 Å². The highest BCUT2D eigenvalue weighted by atomic mass is 16.5. The van der Waals surface area contributed by atoms with Crippen molar-refractivity contribution < 1.29 is 14.3 Å². The van der Waals surface area contributed by atoms with E-state index in [2.05, 4.69) is 15.5 Å². The first-order valence-corrected chi connectivity index (χ1v) is 7.79. The molecule has 0 aliphatic carbocycles. The molecule has 1 N–H and O–H groups in total. The summed E-state index contributed by atoms with van der Waals surface area (Å²) in [6.45, 7) is 1.15. The van der Waals surface area contributed by atoms with Gasteiger partial charge in [-0.1, -0.05) is 0 Å². The van der Waals surface area contributed by atoms with Crippen molar-refractivity contribution in [3.8, 4) is 5.88 Å². The van der Waals surface area contributed by atoms with Crippen molar-refractivity contribution in [3.63, 3.8) is 0 Å². The third-order valence-corrected chi connectivity index (χ3v) is 4.12. The quantitative estimate of drug-likeness (QED) is 0.827. The highest BCUT2D eigenvalue weighted by Gasteiger charge is 2.35. The molecule has 2 aliphatic rings. The molecule has 3 rings (SSSR count). The molecule has 2 saturated heterocycles. The summed E-state index contributed by atoms with van der Waals surface area (Å²) in [4.78, 5) is 27.2. The standard InChI is InChI=1S/C15H21N5O3/c1-19(2)12-4-6-14(18-17-12)23-10-7-8-20(9-10)15(22)11-3-5-13(21)16-11/h4,6,10-11H,3,5,7-9H2,1-2H3,(H,16,21)/t10-,11-/m0/s1. The maximum Gasteiger partial charge on any atom is 0.245 e. The Balaban J connectivity index is 1.53. The number of aromatic nitrogens is 2. The molecule has 0 spiro atoms. The summed E-state index contributed by atoms with van der Waals surface area (Å²) in [6, 6.07) is 3.25. The zero-order valence-corrected chi connectivity index (χ0v) is 13.4. The van der Waals surface area contributed by atoms with E-state index in [1.54, 1.807) is 11.0 Å². The third-order valence-electron chi connectivity index (χ3n) is 4.12. The van der Waals surface area contributed by atoms with Crippen LogP contribution in [0, 0.1) is 0 Å². The zero-order chi connectivity index (χ0) is 16.4. The molecule has 0 saturated carbocycles. The summed E-state index contributed by atoms with van der Waals surface area (Å²) in [5, 5.41) is 10.8. The van der Waals surface area contributed by atoms with Crippen LogP contribution in [-0.4, -0.2) is 66.2 Å². The molecule has 8 heteroatoms. The molecule has 1 aromatic heterocycles. The Labute approximate surface area is 134 Å². The molecule has 0 radical (unpaired) electrons. The predicted molar refractivity (Wildman–Crippen MR) is 83.1 cm³/mol. The van der Waals surface area contributed by atoms with Gasteiger partial charge in [-0.25, -0.2) is 0 Å². The van der Waals surface area contributed by atoms with Crippen LogP contribution in [0.2, 0.25) is 0 Å². The van der Waals surface area contributed by atoms with Gasteiger partial charge in [-0.15, -0.1) is 10.2 Å². The first-order chi connectivity index (χ1) is 11.0. The molecule has 2 aliphatic heterocycles. The van der Waals surface area contributed by atoms with Gasteiger partial charge in [0.25, 0.3) is 0 Å². The van der Waals surface area contributed by atoms with E-state index < -0.39 is 0 Å². The minimum Gasteiger partial charge on any atom is -0.471 e. The lowest BCUT2D eigenvalue weighted by Crippen LogP contribution is -2.44. The van der Waals surface area contributed by atoms with Gasteiger partial charge >= 0.3 is 0 Å². The number of carbonyl (C=O) groups is 2. The van der Waals surface area contributed by atoms with Crippen molar-refractivity contribution in [3.05, 3.63) is 12.1 Å². The van der Waals surface area contributed by atoms with Crippen LogP contribution in [0.15, 0.2) is 12.1 Å². The van der Waals surface area contributed by atoms with E-state index in [4.69, 9.17) is 4.74 Å². The van der Waals surface area contributed by atoms with E-state index in [0.29, 0.717) is 31.8 Å². The summed E-state index contributed by atoms with van der Waals surface area (Å²) < 4.78 is 5.80. The SMILES string of the molecule is CN(C)c1ccc(O[C@H]2CCN(C(=O)[C@@H]3CCC(=O)N3)C2)nn1. The highest BCUT2D eigenvalue weighted by molar-refractivity contribution is 5.90. The first kappa shape index (κ1) is 15.5. The number of anilines is 1. The number of carbonyl (C=O) groups excluding carboxylic acids is 2. The van der Waals surface area contributed by atoms with E-state index in [-0.39, 0.29) is 24.0 Å². The molecule has 2 amide bonds. The number of nitrogens with one attached hydrogen (secondary N) is 1. The van der Waals surface area contributed by atoms with Crippen molar-refractivity contribution in [2.45, 2.75) is 31.4 Å². The fourth-order valence-electron chi connectivity index (χ4n) is 2.83. The molecule has 0 bridgehead atoms. The fraction of sp³-hybridized carbons (Fsp3) is 0.600. The molecule has 124 valence electrons. The lowest BCUT2D eigenvalue weighted by molar-refractivity contribution is -0.133. The fourth-order valence-corrected chi connectivity index (χ4v) is 2.83. The Kier molecular flexibility index (Phi) is 4.31. The lowest BCUT2D eigenvalue weighted by Gasteiger charge is -2.20.